The number of carbonyl (C=O) groups excluding carboxylic acids is 1. The van der Waals surface area contributed by atoms with Gasteiger partial charge in [0.15, 0.2) is 0 Å². The highest BCUT2D eigenvalue weighted by Crippen LogP contribution is 2.20. The number of ether oxygens (including phenoxy) is 1. The molecule has 2 heterocycles. The summed E-state index contributed by atoms with van der Waals surface area (Å²) < 4.78 is 5.37. The molecule has 0 spiro atoms. The van der Waals surface area contributed by atoms with E-state index in [0.29, 0.717) is 18.7 Å². The van der Waals surface area contributed by atoms with Gasteiger partial charge in [0, 0.05) is 31.8 Å². The predicted molar refractivity (Wildman–Crippen MR) is 69.5 cm³/mol. The zero-order chi connectivity index (χ0) is 11.5. The number of nitrogens with one attached hydrogen (secondary N) is 1. The van der Waals surface area contributed by atoms with Crippen molar-refractivity contribution >= 4 is 18.3 Å². The Morgan fingerprint density at radius 3 is 2.82 bits per heavy atom. The van der Waals surface area contributed by atoms with Crippen LogP contribution in [0.2, 0.25) is 0 Å². The summed E-state index contributed by atoms with van der Waals surface area (Å²) in [5, 5.41) is 3.57. The van der Waals surface area contributed by atoms with E-state index in [2.05, 4.69) is 5.32 Å². The van der Waals surface area contributed by atoms with Gasteiger partial charge in [-0.25, -0.2) is 0 Å². The first-order chi connectivity index (χ1) is 7.70. The van der Waals surface area contributed by atoms with Crippen LogP contribution in [0.15, 0.2) is 0 Å². The van der Waals surface area contributed by atoms with Crippen molar-refractivity contribution in [2.75, 3.05) is 19.7 Å². The van der Waals surface area contributed by atoms with Crippen molar-refractivity contribution in [1.82, 2.24) is 10.2 Å². The maximum atomic E-state index is 12.1. The number of carbonyl (C=O) groups is 1. The molecule has 1 N–H and O–H groups in total. The molecule has 1 amide bonds. The standard InChI is InChI=1S/C12H22N2O2.ClH/c1-3-16-9(2)12(15)14-7-6-10-4-5-11(8-14)13-10;/h9-11,13H,3-8H2,1-2H3;1H. The first kappa shape index (κ1) is 14.7. The molecule has 2 aliphatic rings. The van der Waals surface area contributed by atoms with E-state index in [1.165, 1.54) is 12.8 Å². The number of likely N-dealkylation sites (tertiary alicyclic amines) is 1. The molecule has 2 rings (SSSR count). The van der Waals surface area contributed by atoms with Crippen LogP contribution in [0.1, 0.15) is 33.1 Å². The maximum Gasteiger partial charge on any atom is 0.251 e. The van der Waals surface area contributed by atoms with Crippen LogP contribution < -0.4 is 5.32 Å². The molecule has 2 saturated heterocycles. The van der Waals surface area contributed by atoms with Crippen molar-refractivity contribution in [2.24, 2.45) is 0 Å². The van der Waals surface area contributed by atoms with Gasteiger partial charge in [0.1, 0.15) is 6.10 Å². The molecule has 100 valence electrons. The molecule has 5 heteroatoms. The average molecular weight is 263 g/mol. The van der Waals surface area contributed by atoms with Crippen LogP contribution in [0.3, 0.4) is 0 Å². The molecular weight excluding hydrogens is 240 g/mol. The number of hydrogen-bond acceptors (Lipinski definition) is 3. The lowest BCUT2D eigenvalue weighted by molar-refractivity contribution is -0.142. The molecule has 0 saturated carbocycles. The minimum Gasteiger partial charge on any atom is -0.369 e. The summed E-state index contributed by atoms with van der Waals surface area (Å²) in [5.41, 5.74) is 0. The van der Waals surface area contributed by atoms with Crippen LogP contribution in [0.25, 0.3) is 0 Å². The summed E-state index contributed by atoms with van der Waals surface area (Å²) in [6, 6.07) is 1.13. The lowest BCUT2D eigenvalue weighted by Crippen LogP contribution is -2.43. The third-order valence-corrected chi connectivity index (χ3v) is 3.60. The Labute approximate surface area is 109 Å². The van der Waals surface area contributed by atoms with Gasteiger partial charge in [0.25, 0.3) is 5.91 Å². The fourth-order valence-electron chi connectivity index (χ4n) is 2.72. The maximum absolute atomic E-state index is 12.1. The second-order valence-corrected chi connectivity index (χ2v) is 4.81. The first-order valence-corrected chi connectivity index (χ1v) is 6.37. The molecule has 17 heavy (non-hydrogen) atoms. The molecule has 2 bridgehead atoms. The number of hydrogen-bond donors (Lipinski definition) is 1. The van der Waals surface area contributed by atoms with Gasteiger partial charge in [-0.3, -0.25) is 4.79 Å². The van der Waals surface area contributed by atoms with Gasteiger partial charge in [0.05, 0.1) is 0 Å². The molecule has 0 aromatic heterocycles. The zero-order valence-corrected chi connectivity index (χ0v) is 11.5. The quantitative estimate of drug-likeness (QED) is 0.831. The van der Waals surface area contributed by atoms with Crippen molar-refractivity contribution in [2.45, 2.75) is 51.3 Å². The van der Waals surface area contributed by atoms with Gasteiger partial charge in [-0.2, -0.15) is 0 Å². The Bertz CT molecular complexity index is 263. The van der Waals surface area contributed by atoms with E-state index in [0.717, 1.165) is 19.5 Å². The van der Waals surface area contributed by atoms with Crippen molar-refractivity contribution in [3.05, 3.63) is 0 Å². The fourth-order valence-corrected chi connectivity index (χ4v) is 2.72. The molecule has 0 radical (unpaired) electrons. The Morgan fingerprint density at radius 2 is 2.12 bits per heavy atom. The van der Waals surface area contributed by atoms with E-state index in [9.17, 15) is 4.79 Å². The third kappa shape index (κ3) is 3.57. The van der Waals surface area contributed by atoms with Gasteiger partial charge in [0.2, 0.25) is 0 Å². The summed E-state index contributed by atoms with van der Waals surface area (Å²) in [6.07, 6.45) is 3.27. The van der Waals surface area contributed by atoms with Crippen molar-refractivity contribution in [3.8, 4) is 0 Å². The Balaban J connectivity index is 0.00000144. The van der Waals surface area contributed by atoms with Gasteiger partial charge in [-0.1, -0.05) is 0 Å². The largest absolute Gasteiger partial charge is 0.369 e. The molecule has 0 aliphatic carbocycles. The topological polar surface area (TPSA) is 41.6 Å². The van der Waals surface area contributed by atoms with E-state index in [-0.39, 0.29) is 24.4 Å². The number of fused-ring (bicyclic) bond motifs is 2. The number of rotatable bonds is 3. The average Bonchev–Trinajstić information content (AvgIpc) is 2.58. The van der Waals surface area contributed by atoms with Crippen LogP contribution in [-0.2, 0) is 9.53 Å². The second kappa shape index (κ2) is 6.57. The molecule has 0 aromatic rings. The highest BCUT2D eigenvalue weighted by molar-refractivity contribution is 5.85. The van der Waals surface area contributed by atoms with Gasteiger partial charge >= 0.3 is 0 Å². The minimum atomic E-state index is -0.290. The van der Waals surface area contributed by atoms with E-state index in [1.54, 1.807) is 0 Å². The van der Waals surface area contributed by atoms with Crippen molar-refractivity contribution in [3.63, 3.8) is 0 Å². The zero-order valence-electron chi connectivity index (χ0n) is 10.6. The molecule has 3 atom stereocenters. The lowest BCUT2D eigenvalue weighted by atomic mass is 10.1. The summed E-state index contributed by atoms with van der Waals surface area (Å²) in [7, 11) is 0. The van der Waals surface area contributed by atoms with E-state index >= 15 is 0 Å². The smallest absolute Gasteiger partial charge is 0.251 e. The SMILES string of the molecule is CCOC(C)C(=O)N1CCC2CCC(C1)N2.Cl. The number of amides is 1. The summed E-state index contributed by atoms with van der Waals surface area (Å²) in [5.74, 6) is 0.149. The van der Waals surface area contributed by atoms with Crippen LogP contribution >= 0.6 is 12.4 Å². The summed E-state index contributed by atoms with van der Waals surface area (Å²) in [4.78, 5) is 14.1. The molecular formula is C12H23ClN2O2. The highest BCUT2D eigenvalue weighted by Gasteiger charge is 2.32. The summed E-state index contributed by atoms with van der Waals surface area (Å²) >= 11 is 0. The fraction of sp³-hybridized carbons (Fsp3) is 0.917. The third-order valence-electron chi connectivity index (χ3n) is 3.60. The molecule has 2 fully saturated rings. The molecule has 3 unspecified atom stereocenters. The molecule has 2 aliphatic heterocycles. The van der Waals surface area contributed by atoms with E-state index in [1.807, 2.05) is 18.7 Å². The normalized spacial score (nSPS) is 29.4. The van der Waals surface area contributed by atoms with Gasteiger partial charge < -0.3 is 15.0 Å². The molecule has 4 nitrogen and oxygen atoms in total. The number of halogens is 1. The Morgan fingerprint density at radius 1 is 1.41 bits per heavy atom. The van der Waals surface area contributed by atoms with Crippen LogP contribution in [0.5, 0.6) is 0 Å². The van der Waals surface area contributed by atoms with Crippen LogP contribution in [0, 0.1) is 0 Å². The number of nitrogens with zero attached hydrogens (tertiary/aromatic N) is 1. The van der Waals surface area contributed by atoms with Crippen LogP contribution in [-0.4, -0.2) is 48.7 Å². The van der Waals surface area contributed by atoms with Crippen LogP contribution in [0.4, 0.5) is 0 Å². The Hall–Kier alpha value is -0.320. The summed E-state index contributed by atoms with van der Waals surface area (Å²) in [6.45, 7) is 6.11. The van der Waals surface area contributed by atoms with Crippen molar-refractivity contribution < 1.29 is 9.53 Å². The second-order valence-electron chi connectivity index (χ2n) is 4.81. The van der Waals surface area contributed by atoms with E-state index < -0.39 is 0 Å². The van der Waals surface area contributed by atoms with E-state index in [4.69, 9.17) is 4.74 Å². The van der Waals surface area contributed by atoms with Gasteiger partial charge in [-0.15, -0.1) is 12.4 Å². The van der Waals surface area contributed by atoms with Crippen molar-refractivity contribution in [1.29, 1.82) is 0 Å². The minimum absolute atomic E-state index is 0. The lowest BCUT2D eigenvalue weighted by Gasteiger charge is -2.26. The predicted octanol–water partition coefficient (Wildman–Crippen LogP) is 1.19. The first-order valence-electron chi connectivity index (χ1n) is 6.37. The highest BCUT2D eigenvalue weighted by atomic mass is 35.5. The monoisotopic (exact) mass is 262 g/mol. The van der Waals surface area contributed by atoms with Gasteiger partial charge in [-0.05, 0) is 33.1 Å². The Kier molecular flexibility index (Phi) is 5.70. The molecule has 0 aromatic carbocycles.